The van der Waals surface area contributed by atoms with E-state index in [1.165, 1.54) is 38.6 Å². The summed E-state index contributed by atoms with van der Waals surface area (Å²) in [6.07, 6.45) is 6.88. The molecule has 16 heavy (non-hydrogen) atoms. The van der Waals surface area contributed by atoms with Gasteiger partial charge in [-0.15, -0.1) is 0 Å². The Hall–Kier alpha value is -0.0800. The summed E-state index contributed by atoms with van der Waals surface area (Å²) in [5.74, 6) is 1.55. The Kier molecular flexibility index (Phi) is 3.60. The highest BCUT2D eigenvalue weighted by Crippen LogP contribution is 2.45. The molecule has 0 aliphatic heterocycles. The minimum Gasteiger partial charge on any atom is -0.329 e. The zero-order valence-electron chi connectivity index (χ0n) is 11.2. The molecular formula is C14H28N2. The van der Waals surface area contributed by atoms with Crippen LogP contribution in [0.15, 0.2) is 0 Å². The summed E-state index contributed by atoms with van der Waals surface area (Å²) in [7, 11) is 0. The first-order valence-corrected chi connectivity index (χ1v) is 7.07. The molecule has 94 valence electrons. The number of rotatable bonds is 5. The van der Waals surface area contributed by atoms with Gasteiger partial charge in [0.15, 0.2) is 0 Å². The number of hydrogen-bond acceptors (Lipinski definition) is 2. The standard InChI is InChI=1S/C14H28N2/c1-11(2)9-16(13-6-7-13)14(10-15)8-4-5-12(14)3/h11-13H,4-10,15H2,1-3H3. The molecule has 0 spiro atoms. The molecule has 2 nitrogen and oxygen atoms in total. The minimum atomic E-state index is 0.339. The molecule has 2 saturated carbocycles. The maximum Gasteiger partial charge on any atom is 0.0360 e. The van der Waals surface area contributed by atoms with Gasteiger partial charge >= 0.3 is 0 Å². The lowest BCUT2D eigenvalue weighted by atomic mass is 9.85. The summed E-state index contributed by atoms with van der Waals surface area (Å²) in [4.78, 5) is 2.79. The third-order valence-corrected chi connectivity index (χ3v) is 4.64. The maximum absolute atomic E-state index is 6.16. The molecule has 2 fully saturated rings. The second-order valence-corrected chi connectivity index (χ2v) is 6.38. The average molecular weight is 224 g/mol. The van der Waals surface area contributed by atoms with E-state index in [0.717, 1.165) is 24.4 Å². The number of hydrogen-bond donors (Lipinski definition) is 1. The first-order chi connectivity index (χ1) is 7.60. The van der Waals surface area contributed by atoms with Crippen molar-refractivity contribution in [2.45, 2.75) is 64.5 Å². The third kappa shape index (κ3) is 2.14. The van der Waals surface area contributed by atoms with Gasteiger partial charge in [-0.05, 0) is 37.5 Å². The van der Waals surface area contributed by atoms with Crippen LogP contribution in [-0.4, -0.2) is 29.6 Å². The van der Waals surface area contributed by atoms with Gasteiger partial charge in [0.05, 0.1) is 0 Å². The van der Waals surface area contributed by atoms with Gasteiger partial charge in [-0.25, -0.2) is 0 Å². The second kappa shape index (κ2) is 4.66. The molecule has 2 atom stereocenters. The van der Waals surface area contributed by atoms with E-state index in [-0.39, 0.29) is 0 Å². The summed E-state index contributed by atoms with van der Waals surface area (Å²) >= 11 is 0. The van der Waals surface area contributed by atoms with Crippen LogP contribution in [-0.2, 0) is 0 Å². The van der Waals surface area contributed by atoms with Crippen molar-refractivity contribution >= 4 is 0 Å². The summed E-state index contributed by atoms with van der Waals surface area (Å²) in [6, 6.07) is 0.853. The zero-order valence-corrected chi connectivity index (χ0v) is 11.2. The van der Waals surface area contributed by atoms with Crippen molar-refractivity contribution in [2.75, 3.05) is 13.1 Å². The van der Waals surface area contributed by atoms with E-state index < -0.39 is 0 Å². The molecule has 2 aliphatic rings. The summed E-state index contributed by atoms with van der Waals surface area (Å²) in [5, 5.41) is 0. The minimum absolute atomic E-state index is 0.339. The fourth-order valence-electron chi connectivity index (χ4n) is 3.55. The molecule has 2 heteroatoms. The molecule has 0 heterocycles. The lowest BCUT2D eigenvalue weighted by Gasteiger charge is -2.45. The monoisotopic (exact) mass is 224 g/mol. The zero-order chi connectivity index (χ0) is 11.8. The van der Waals surface area contributed by atoms with Crippen molar-refractivity contribution in [1.82, 2.24) is 4.90 Å². The van der Waals surface area contributed by atoms with E-state index in [9.17, 15) is 0 Å². The largest absolute Gasteiger partial charge is 0.329 e. The van der Waals surface area contributed by atoms with Crippen LogP contribution in [0.1, 0.15) is 52.9 Å². The van der Waals surface area contributed by atoms with Crippen LogP contribution in [0.5, 0.6) is 0 Å². The fourth-order valence-corrected chi connectivity index (χ4v) is 3.55. The normalized spacial score (nSPS) is 35.2. The van der Waals surface area contributed by atoms with Crippen LogP contribution in [0.2, 0.25) is 0 Å². The van der Waals surface area contributed by atoms with Crippen LogP contribution >= 0.6 is 0 Å². The fraction of sp³-hybridized carbons (Fsp3) is 1.00. The molecule has 2 unspecified atom stereocenters. The van der Waals surface area contributed by atoms with Gasteiger partial charge in [0.25, 0.3) is 0 Å². The molecule has 0 aromatic heterocycles. The van der Waals surface area contributed by atoms with Crippen LogP contribution < -0.4 is 5.73 Å². The highest BCUT2D eigenvalue weighted by Gasteiger charge is 2.48. The Morgan fingerprint density at radius 1 is 1.31 bits per heavy atom. The molecule has 0 amide bonds. The van der Waals surface area contributed by atoms with Gasteiger partial charge in [-0.3, -0.25) is 4.90 Å². The van der Waals surface area contributed by atoms with Gasteiger partial charge < -0.3 is 5.73 Å². The lowest BCUT2D eigenvalue weighted by molar-refractivity contribution is 0.0444. The van der Waals surface area contributed by atoms with E-state index in [1.54, 1.807) is 0 Å². The predicted molar refractivity (Wildman–Crippen MR) is 69.4 cm³/mol. The SMILES string of the molecule is CC(C)CN(C1CC1)C1(CN)CCCC1C. The molecule has 2 rings (SSSR count). The Labute approximate surface area is 101 Å². The van der Waals surface area contributed by atoms with E-state index in [4.69, 9.17) is 5.73 Å². The lowest BCUT2D eigenvalue weighted by Crippen LogP contribution is -2.57. The van der Waals surface area contributed by atoms with E-state index in [1.807, 2.05) is 0 Å². The van der Waals surface area contributed by atoms with E-state index in [0.29, 0.717) is 5.54 Å². The average Bonchev–Trinajstić information content (AvgIpc) is 3.00. The topological polar surface area (TPSA) is 29.3 Å². The van der Waals surface area contributed by atoms with Crippen molar-refractivity contribution in [3.63, 3.8) is 0 Å². The van der Waals surface area contributed by atoms with Gasteiger partial charge in [0.2, 0.25) is 0 Å². The quantitative estimate of drug-likeness (QED) is 0.778. The van der Waals surface area contributed by atoms with E-state index in [2.05, 4.69) is 25.7 Å². The molecule has 2 N–H and O–H groups in total. The number of nitrogens with two attached hydrogens (primary N) is 1. The van der Waals surface area contributed by atoms with Crippen LogP contribution in [0.3, 0.4) is 0 Å². The van der Waals surface area contributed by atoms with Gasteiger partial charge in [-0.1, -0.05) is 27.2 Å². The predicted octanol–water partition coefficient (Wildman–Crippen LogP) is 2.62. The smallest absolute Gasteiger partial charge is 0.0360 e. The third-order valence-electron chi connectivity index (χ3n) is 4.64. The molecule has 0 bridgehead atoms. The molecule has 0 aromatic rings. The Morgan fingerprint density at radius 3 is 2.38 bits per heavy atom. The Balaban J connectivity index is 2.15. The highest BCUT2D eigenvalue weighted by molar-refractivity contribution is 5.05. The van der Waals surface area contributed by atoms with Crippen molar-refractivity contribution in [1.29, 1.82) is 0 Å². The molecule has 0 aromatic carbocycles. The molecular weight excluding hydrogens is 196 g/mol. The van der Waals surface area contributed by atoms with Crippen molar-refractivity contribution < 1.29 is 0 Å². The van der Waals surface area contributed by atoms with Crippen molar-refractivity contribution in [2.24, 2.45) is 17.6 Å². The van der Waals surface area contributed by atoms with Crippen LogP contribution in [0, 0.1) is 11.8 Å². The van der Waals surface area contributed by atoms with Crippen molar-refractivity contribution in [3.05, 3.63) is 0 Å². The molecule has 0 radical (unpaired) electrons. The van der Waals surface area contributed by atoms with Crippen LogP contribution in [0.4, 0.5) is 0 Å². The molecule has 0 saturated heterocycles. The van der Waals surface area contributed by atoms with E-state index >= 15 is 0 Å². The molecule has 2 aliphatic carbocycles. The van der Waals surface area contributed by atoms with Crippen LogP contribution in [0.25, 0.3) is 0 Å². The van der Waals surface area contributed by atoms with Gasteiger partial charge in [0, 0.05) is 24.7 Å². The maximum atomic E-state index is 6.16. The van der Waals surface area contributed by atoms with Gasteiger partial charge in [0.1, 0.15) is 0 Å². The first-order valence-electron chi connectivity index (χ1n) is 7.07. The second-order valence-electron chi connectivity index (χ2n) is 6.38. The Morgan fingerprint density at radius 2 is 2.00 bits per heavy atom. The van der Waals surface area contributed by atoms with Crippen molar-refractivity contribution in [3.8, 4) is 0 Å². The summed E-state index contributed by atoms with van der Waals surface area (Å²) in [5.41, 5.74) is 6.50. The summed E-state index contributed by atoms with van der Waals surface area (Å²) in [6.45, 7) is 9.18. The highest BCUT2D eigenvalue weighted by atomic mass is 15.3. The Bertz CT molecular complexity index is 235. The summed E-state index contributed by atoms with van der Waals surface area (Å²) < 4.78 is 0. The number of nitrogens with zero attached hydrogens (tertiary/aromatic N) is 1. The van der Waals surface area contributed by atoms with Gasteiger partial charge in [-0.2, -0.15) is 0 Å². The first kappa shape index (κ1) is 12.4.